The number of aliphatic hydroxyl groups is 1. The SMILES string of the molecule is Cc1cccc(C(=O)Nc2cc3cn([C@H]4CC[C@H](CN(C)C5CCC6(CC5)CCN(C(=O)c5ccc(Cl)c(N7CCC(=O)NC7=O)c5)CC6)CC4)nc3cc2C(C)(C)O)n1. The van der Waals surface area contributed by atoms with Crippen molar-refractivity contribution in [2.45, 2.75) is 109 Å². The van der Waals surface area contributed by atoms with Crippen molar-refractivity contribution in [3.63, 3.8) is 0 Å². The minimum Gasteiger partial charge on any atom is -0.386 e. The van der Waals surface area contributed by atoms with Gasteiger partial charge >= 0.3 is 6.03 Å². The number of hydrogen-bond acceptors (Lipinski definition) is 8. The van der Waals surface area contributed by atoms with Crippen molar-refractivity contribution in [1.29, 1.82) is 0 Å². The smallest absolute Gasteiger partial charge is 0.328 e. The maximum Gasteiger partial charge on any atom is 0.328 e. The molecule has 2 aliphatic carbocycles. The maximum atomic E-state index is 13.6. The van der Waals surface area contributed by atoms with E-state index in [1.54, 1.807) is 38.1 Å². The van der Waals surface area contributed by atoms with Gasteiger partial charge in [0.05, 0.1) is 27.9 Å². The molecule has 2 aromatic carbocycles. The number of fused-ring (bicyclic) bond motifs is 1. The molecule has 2 saturated heterocycles. The minimum atomic E-state index is -1.19. The molecule has 4 aliphatic rings. The first-order valence-corrected chi connectivity index (χ1v) is 21.9. The second-order valence-corrected chi connectivity index (χ2v) is 18.7. The quantitative estimate of drug-likeness (QED) is 0.154. The number of nitrogens with zero attached hydrogens (tertiary/aromatic N) is 6. The van der Waals surface area contributed by atoms with Crippen LogP contribution in [0.15, 0.2) is 54.7 Å². The summed E-state index contributed by atoms with van der Waals surface area (Å²) in [5.41, 5.74) is 3.09. The summed E-state index contributed by atoms with van der Waals surface area (Å²) in [5, 5.41) is 22.6. The number of likely N-dealkylation sites (tertiary alicyclic amines) is 1. The number of nitrogens with one attached hydrogen (secondary N) is 2. The van der Waals surface area contributed by atoms with Crippen molar-refractivity contribution in [1.82, 2.24) is 29.9 Å². The largest absolute Gasteiger partial charge is 0.386 e. The average molecular weight is 837 g/mol. The third-order valence-corrected chi connectivity index (χ3v) is 14.0. The van der Waals surface area contributed by atoms with Crippen molar-refractivity contribution in [2.24, 2.45) is 11.3 Å². The Bertz CT molecular complexity index is 2280. The number of carbonyl (C=O) groups is 4. The zero-order valence-corrected chi connectivity index (χ0v) is 35.9. The molecule has 13 nitrogen and oxygen atoms in total. The normalized spacial score (nSPS) is 21.4. The van der Waals surface area contributed by atoms with Gasteiger partial charge in [-0.3, -0.25) is 29.3 Å². The molecule has 8 rings (SSSR count). The highest BCUT2D eigenvalue weighted by Crippen LogP contribution is 2.46. The molecular weight excluding hydrogens is 780 g/mol. The van der Waals surface area contributed by atoms with Gasteiger partial charge in [-0.1, -0.05) is 17.7 Å². The van der Waals surface area contributed by atoms with Crippen LogP contribution in [0, 0.1) is 18.3 Å². The lowest BCUT2D eigenvalue weighted by molar-refractivity contribution is -0.120. The summed E-state index contributed by atoms with van der Waals surface area (Å²) in [7, 11) is 2.30. The molecule has 4 fully saturated rings. The van der Waals surface area contributed by atoms with Crippen LogP contribution in [0.2, 0.25) is 5.02 Å². The first-order chi connectivity index (χ1) is 28.6. The van der Waals surface area contributed by atoms with Crippen molar-refractivity contribution in [3.8, 4) is 0 Å². The van der Waals surface area contributed by atoms with Crippen LogP contribution in [0.1, 0.15) is 123 Å². The molecule has 0 radical (unpaired) electrons. The van der Waals surface area contributed by atoms with Gasteiger partial charge in [0, 0.05) is 72.7 Å². The Hall–Kier alpha value is -4.85. The molecule has 1 spiro atoms. The van der Waals surface area contributed by atoms with Crippen LogP contribution in [0.4, 0.5) is 16.2 Å². The summed E-state index contributed by atoms with van der Waals surface area (Å²) in [6, 6.07) is 14.6. The Morgan fingerprint density at radius 2 is 1.72 bits per heavy atom. The number of carbonyl (C=O) groups excluding carboxylic acids is 4. The number of pyridine rings is 1. The molecular formula is C46H57ClN8O5. The monoisotopic (exact) mass is 836 g/mol. The molecule has 4 aromatic rings. The summed E-state index contributed by atoms with van der Waals surface area (Å²) >= 11 is 6.44. The topological polar surface area (TPSA) is 153 Å². The van der Waals surface area contributed by atoms with Crippen LogP contribution in [0.3, 0.4) is 0 Å². The highest BCUT2D eigenvalue weighted by atomic mass is 35.5. The van der Waals surface area contributed by atoms with Gasteiger partial charge in [0.15, 0.2) is 0 Å². The number of aryl methyl sites for hydroxylation is 1. The van der Waals surface area contributed by atoms with E-state index >= 15 is 0 Å². The van der Waals surface area contributed by atoms with Crippen LogP contribution in [0.5, 0.6) is 0 Å². The Balaban J connectivity index is 0.814. The lowest BCUT2D eigenvalue weighted by Crippen LogP contribution is -2.49. The number of aromatic nitrogens is 3. The Labute approximate surface area is 356 Å². The molecule has 2 aromatic heterocycles. The van der Waals surface area contributed by atoms with E-state index in [0.717, 1.165) is 74.8 Å². The van der Waals surface area contributed by atoms with Gasteiger partial charge in [0.2, 0.25) is 5.91 Å². The fourth-order valence-electron chi connectivity index (χ4n) is 10.1. The highest BCUT2D eigenvalue weighted by molar-refractivity contribution is 6.34. The van der Waals surface area contributed by atoms with Crippen LogP contribution < -0.4 is 15.5 Å². The van der Waals surface area contributed by atoms with Crippen molar-refractivity contribution < 1.29 is 24.3 Å². The van der Waals surface area contributed by atoms with E-state index in [0.29, 0.717) is 51.2 Å². The first kappa shape index (κ1) is 41.9. The number of benzene rings is 2. The van der Waals surface area contributed by atoms with Crippen LogP contribution in [-0.4, -0.2) is 92.7 Å². The van der Waals surface area contributed by atoms with Gasteiger partial charge in [0.1, 0.15) is 5.69 Å². The summed E-state index contributed by atoms with van der Waals surface area (Å²) < 4.78 is 2.10. The Kier molecular flexibility index (Phi) is 11.8. The minimum absolute atomic E-state index is 0.0493. The predicted molar refractivity (Wildman–Crippen MR) is 232 cm³/mol. The molecule has 2 saturated carbocycles. The van der Waals surface area contributed by atoms with Crippen LogP contribution >= 0.6 is 11.6 Å². The van der Waals surface area contributed by atoms with E-state index in [2.05, 4.69) is 38.4 Å². The number of piperidine rings is 1. The Morgan fingerprint density at radius 1 is 0.983 bits per heavy atom. The van der Waals surface area contributed by atoms with Crippen molar-refractivity contribution >= 4 is 57.6 Å². The van der Waals surface area contributed by atoms with Gasteiger partial charge in [-0.15, -0.1) is 0 Å². The molecule has 60 heavy (non-hydrogen) atoms. The number of rotatable bonds is 9. The van der Waals surface area contributed by atoms with E-state index in [-0.39, 0.29) is 36.1 Å². The van der Waals surface area contributed by atoms with Crippen LogP contribution in [-0.2, 0) is 10.4 Å². The zero-order chi connectivity index (χ0) is 42.3. The third kappa shape index (κ3) is 8.94. The van der Waals surface area contributed by atoms with E-state index < -0.39 is 11.6 Å². The van der Waals surface area contributed by atoms with Gasteiger partial charge < -0.3 is 20.2 Å². The molecule has 14 heteroatoms. The van der Waals surface area contributed by atoms with Gasteiger partial charge in [-0.2, -0.15) is 5.10 Å². The van der Waals surface area contributed by atoms with Crippen LogP contribution in [0.25, 0.3) is 10.9 Å². The number of halogens is 1. The van der Waals surface area contributed by atoms with Gasteiger partial charge in [-0.05, 0) is 146 Å². The molecule has 0 unspecified atom stereocenters. The number of anilines is 2. The molecule has 0 atom stereocenters. The molecule has 0 bridgehead atoms. The van der Waals surface area contributed by atoms with E-state index in [1.165, 1.54) is 30.6 Å². The summed E-state index contributed by atoms with van der Waals surface area (Å²) in [6.45, 7) is 8.04. The second kappa shape index (κ2) is 16.9. The van der Waals surface area contributed by atoms with E-state index in [4.69, 9.17) is 16.7 Å². The summed E-state index contributed by atoms with van der Waals surface area (Å²) in [5.74, 6) is -0.0441. The molecule has 4 heterocycles. The van der Waals surface area contributed by atoms with Gasteiger partial charge in [-0.25, -0.2) is 9.78 Å². The number of hydrogen-bond donors (Lipinski definition) is 3. The summed E-state index contributed by atoms with van der Waals surface area (Å²) in [4.78, 5) is 61.3. The average Bonchev–Trinajstić information content (AvgIpc) is 3.64. The van der Waals surface area contributed by atoms with E-state index in [1.807, 2.05) is 36.1 Å². The predicted octanol–water partition coefficient (Wildman–Crippen LogP) is 7.85. The molecule has 2 aliphatic heterocycles. The molecule has 318 valence electrons. The maximum absolute atomic E-state index is 13.6. The van der Waals surface area contributed by atoms with Crippen molar-refractivity contribution in [2.75, 3.05) is 43.4 Å². The molecule has 5 amide bonds. The fraction of sp³-hybridized carbons (Fsp3) is 0.522. The zero-order valence-electron chi connectivity index (χ0n) is 35.2. The number of urea groups is 1. The highest BCUT2D eigenvalue weighted by Gasteiger charge is 2.40. The number of amides is 5. The lowest BCUT2D eigenvalue weighted by Gasteiger charge is -2.47. The van der Waals surface area contributed by atoms with E-state index in [9.17, 15) is 24.3 Å². The van der Waals surface area contributed by atoms with Gasteiger partial charge in [0.25, 0.3) is 11.8 Å². The lowest BCUT2D eigenvalue weighted by atomic mass is 9.66. The second-order valence-electron chi connectivity index (χ2n) is 18.3. The number of imide groups is 1. The third-order valence-electron chi connectivity index (χ3n) is 13.7. The standard InChI is InChI=1S/C46H57ClN8O5/c1-29-6-5-7-37(48-29)42(57)49-39-24-32-28-55(51-38(32)26-35(39)45(2,3)60)34-11-8-30(9-12-34)27-52(4)33-14-17-46(18-15-33)19-22-53(23-20-46)43(58)31-10-13-36(47)40(25-31)54-21-16-41(56)50-44(54)59/h5-7,10,13,24-26,28,30,33-34,60H,8-9,11-12,14-23,27H2,1-4H3,(H,49,57)(H,50,56,59)/t30-,34-. The molecule has 3 N–H and O–H groups in total. The first-order valence-electron chi connectivity index (χ1n) is 21.6. The summed E-state index contributed by atoms with van der Waals surface area (Å²) in [6.07, 6.45) is 13.4. The fourth-order valence-corrected chi connectivity index (χ4v) is 10.3. The Morgan fingerprint density at radius 3 is 2.40 bits per heavy atom. The van der Waals surface area contributed by atoms with Crippen molar-refractivity contribution in [3.05, 3.63) is 82.3 Å².